The highest BCUT2D eigenvalue weighted by molar-refractivity contribution is 7.90. The molecule has 1 fully saturated rings. The third-order valence-corrected chi connectivity index (χ3v) is 6.34. The van der Waals surface area contributed by atoms with Crippen molar-refractivity contribution in [3.8, 4) is 0 Å². The van der Waals surface area contributed by atoms with Crippen LogP contribution in [-0.2, 0) is 10.0 Å². The molecule has 0 saturated carbocycles. The monoisotopic (exact) mass is 337 g/mol. The summed E-state index contributed by atoms with van der Waals surface area (Å²) in [7, 11) is -3.66. The largest absolute Gasteiger partial charge is 0.342 e. The van der Waals surface area contributed by atoms with Crippen LogP contribution in [0.4, 0.5) is 0 Å². The van der Waals surface area contributed by atoms with Gasteiger partial charge in [0.15, 0.2) is 0 Å². The van der Waals surface area contributed by atoms with Gasteiger partial charge in [-0.3, -0.25) is 4.99 Å². The molecule has 22 heavy (non-hydrogen) atoms. The lowest BCUT2D eigenvalue weighted by Crippen LogP contribution is -2.43. The van der Waals surface area contributed by atoms with Crippen molar-refractivity contribution in [1.29, 1.82) is 0 Å². The highest BCUT2D eigenvalue weighted by Gasteiger charge is 2.35. The van der Waals surface area contributed by atoms with Gasteiger partial charge in [0.2, 0.25) is 5.96 Å². The van der Waals surface area contributed by atoms with E-state index in [1.807, 2.05) is 0 Å². The van der Waals surface area contributed by atoms with E-state index in [0.29, 0.717) is 30.1 Å². The van der Waals surface area contributed by atoms with Gasteiger partial charge >= 0.3 is 0 Å². The van der Waals surface area contributed by atoms with Gasteiger partial charge in [-0.25, -0.2) is 12.7 Å². The van der Waals surface area contributed by atoms with Gasteiger partial charge in [0.1, 0.15) is 15.9 Å². The lowest BCUT2D eigenvalue weighted by Gasteiger charge is -2.26. The van der Waals surface area contributed by atoms with E-state index in [0.717, 1.165) is 37.7 Å². The van der Waals surface area contributed by atoms with Crippen LogP contribution in [0.25, 0.3) is 11.0 Å². The van der Waals surface area contributed by atoms with Gasteiger partial charge in [-0.05, 0) is 25.0 Å². The van der Waals surface area contributed by atoms with Crippen LogP contribution in [0.5, 0.6) is 0 Å². The minimum atomic E-state index is -3.66. The number of nitrogens with zero attached hydrogens (tertiary/aromatic N) is 5. The Morgan fingerprint density at radius 1 is 1.09 bits per heavy atom. The molecule has 0 bridgehead atoms. The molecule has 0 aliphatic carbocycles. The van der Waals surface area contributed by atoms with Crippen molar-refractivity contribution in [2.75, 3.05) is 26.2 Å². The summed E-state index contributed by atoms with van der Waals surface area (Å²) in [6.07, 6.45) is 2.16. The fourth-order valence-electron chi connectivity index (χ4n) is 2.93. The molecule has 2 aliphatic rings. The standard InChI is InChI=1S/C13H15N5O2S2/c19-22(20,11-5-3-4-10-12(11)16-21-15-10)18-9-6-14-13(18)17-7-1-2-8-17/h3-5H,1-2,6-9H2. The van der Waals surface area contributed by atoms with Crippen molar-refractivity contribution < 1.29 is 8.42 Å². The highest BCUT2D eigenvalue weighted by atomic mass is 32.2. The van der Waals surface area contributed by atoms with Gasteiger partial charge < -0.3 is 4.90 Å². The zero-order valence-corrected chi connectivity index (χ0v) is 13.5. The molecule has 0 N–H and O–H groups in total. The Hall–Kier alpha value is -1.74. The fraction of sp³-hybridized carbons (Fsp3) is 0.462. The average Bonchev–Trinajstić information content (AvgIpc) is 3.25. The van der Waals surface area contributed by atoms with Crippen LogP contribution in [0.1, 0.15) is 12.8 Å². The second-order valence-electron chi connectivity index (χ2n) is 5.34. The maximum absolute atomic E-state index is 13.1. The molecule has 0 atom stereocenters. The van der Waals surface area contributed by atoms with Crippen molar-refractivity contribution in [2.24, 2.45) is 4.99 Å². The first-order valence-corrected chi connectivity index (χ1v) is 9.38. The Morgan fingerprint density at radius 2 is 1.91 bits per heavy atom. The molecule has 3 heterocycles. The summed E-state index contributed by atoms with van der Waals surface area (Å²) in [5.41, 5.74) is 1.06. The summed E-state index contributed by atoms with van der Waals surface area (Å²) < 4.78 is 35.8. The molecule has 1 aromatic carbocycles. The minimum Gasteiger partial charge on any atom is -0.342 e. The Morgan fingerprint density at radius 3 is 2.73 bits per heavy atom. The molecule has 1 saturated heterocycles. The number of hydrogen-bond acceptors (Lipinski definition) is 7. The number of benzene rings is 1. The number of likely N-dealkylation sites (tertiary alicyclic amines) is 1. The number of rotatable bonds is 2. The van der Waals surface area contributed by atoms with E-state index in [2.05, 4.69) is 18.6 Å². The molecule has 0 amide bonds. The topological polar surface area (TPSA) is 78.8 Å². The van der Waals surface area contributed by atoms with Crippen LogP contribution in [0.2, 0.25) is 0 Å². The number of aliphatic imine (C=N–C) groups is 1. The molecule has 1 aromatic heterocycles. The van der Waals surface area contributed by atoms with E-state index >= 15 is 0 Å². The van der Waals surface area contributed by atoms with Gasteiger partial charge in [-0.2, -0.15) is 8.75 Å². The summed E-state index contributed by atoms with van der Waals surface area (Å²) in [6, 6.07) is 5.08. The second kappa shape index (κ2) is 5.17. The fourth-order valence-corrected chi connectivity index (χ4v) is 5.13. The molecule has 2 aromatic rings. The van der Waals surface area contributed by atoms with E-state index in [4.69, 9.17) is 0 Å². The Labute approximate surface area is 132 Å². The molecule has 0 radical (unpaired) electrons. The van der Waals surface area contributed by atoms with Crippen LogP contribution >= 0.6 is 11.7 Å². The predicted molar refractivity (Wildman–Crippen MR) is 84.4 cm³/mol. The predicted octanol–water partition coefficient (Wildman–Crippen LogP) is 1.15. The van der Waals surface area contributed by atoms with Gasteiger partial charge in [-0.15, -0.1) is 0 Å². The smallest absolute Gasteiger partial charge is 0.268 e. The maximum atomic E-state index is 13.1. The maximum Gasteiger partial charge on any atom is 0.268 e. The van der Waals surface area contributed by atoms with E-state index in [1.165, 1.54) is 4.31 Å². The lowest BCUT2D eigenvalue weighted by molar-refractivity contribution is 0.453. The summed E-state index contributed by atoms with van der Waals surface area (Å²) in [5.74, 6) is 0.581. The van der Waals surface area contributed by atoms with Crippen molar-refractivity contribution in [3.05, 3.63) is 18.2 Å². The Bertz CT molecular complexity index is 839. The summed E-state index contributed by atoms with van der Waals surface area (Å²) in [5, 5.41) is 0. The van der Waals surface area contributed by atoms with Crippen LogP contribution < -0.4 is 0 Å². The summed E-state index contributed by atoms with van der Waals surface area (Å²) >= 11 is 1.03. The van der Waals surface area contributed by atoms with Crippen LogP contribution in [0.3, 0.4) is 0 Å². The number of fused-ring (bicyclic) bond motifs is 1. The van der Waals surface area contributed by atoms with Crippen LogP contribution in [-0.4, -0.2) is 58.5 Å². The van der Waals surface area contributed by atoms with Crippen molar-refractivity contribution in [1.82, 2.24) is 18.0 Å². The third-order valence-electron chi connectivity index (χ3n) is 3.99. The Kier molecular flexibility index (Phi) is 3.26. The molecule has 7 nitrogen and oxygen atoms in total. The van der Waals surface area contributed by atoms with Crippen molar-refractivity contribution in [3.63, 3.8) is 0 Å². The number of guanidine groups is 1. The van der Waals surface area contributed by atoms with Crippen molar-refractivity contribution in [2.45, 2.75) is 17.7 Å². The van der Waals surface area contributed by atoms with E-state index in [9.17, 15) is 8.42 Å². The quantitative estimate of drug-likeness (QED) is 0.821. The third kappa shape index (κ3) is 2.07. The zero-order chi connectivity index (χ0) is 15.2. The molecular weight excluding hydrogens is 322 g/mol. The first kappa shape index (κ1) is 13.9. The van der Waals surface area contributed by atoms with E-state index < -0.39 is 10.0 Å². The molecular formula is C13H15N5O2S2. The number of hydrogen-bond donors (Lipinski definition) is 0. The SMILES string of the molecule is O=S(=O)(c1cccc2nsnc12)N1CCN=C1N1CCCC1. The molecule has 0 spiro atoms. The van der Waals surface area contributed by atoms with Crippen LogP contribution in [0, 0.1) is 0 Å². The molecule has 4 rings (SSSR count). The summed E-state index contributed by atoms with van der Waals surface area (Å²) in [4.78, 5) is 6.69. The number of aromatic nitrogens is 2. The van der Waals surface area contributed by atoms with Crippen LogP contribution in [0.15, 0.2) is 28.1 Å². The first-order chi connectivity index (χ1) is 10.7. The molecule has 116 valence electrons. The normalized spacial score (nSPS) is 19.2. The Balaban J connectivity index is 1.77. The minimum absolute atomic E-state index is 0.215. The molecule has 9 heteroatoms. The lowest BCUT2D eigenvalue weighted by atomic mass is 10.3. The second-order valence-corrected chi connectivity index (χ2v) is 7.70. The number of sulfonamides is 1. The molecule has 2 aliphatic heterocycles. The average molecular weight is 337 g/mol. The van der Waals surface area contributed by atoms with Gasteiger partial charge in [0.25, 0.3) is 10.0 Å². The molecule has 0 unspecified atom stereocenters. The summed E-state index contributed by atoms with van der Waals surface area (Å²) in [6.45, 7) is 2.64. The van der Waals surface area contributed by atoms with Gasteiger partial charge in [-0.1, -0.05) is 6.07 Å². The van der Waals surface area contributed by atoms with E-state index in [1.54, 1.807) is 18.2 Å². The zero-order valence-electron chi connectivity index (χ0n) is 11.8. The van der Waals surface area contributed by atoms with Crippen molar-refractivity contribution >= 4 is 38.7 Å². The van der Waals surface area contributed by atoms with E-state index in [-0.39, 0.29) is 4.90 Å². The highest BCUT2D eigenvalue weighted by Crippen LogP contribution is 2.27. The van der Waals surface area contributed by atoms with Gasteiger partial charge in [0.05, 0.1) is 24.8 Å². The first-order valence-electron chi connectivity index (χ1n) is 7.21. The van der Waals surface area contributed by atoms with Gasteiger partial charge in [0, 0.05) is 13.1 Å².